The molecule has 1 N–H and O–H groups in total. The third-order valence-corrected chi connectivity index (χ3v) is 6.72. The lowest BCUT2D eigenvalue weighted by Gasteiger charge is -2.35. The molecule has 0 radical (unpaired) electrons. The topological polar surface area (TPSA) is 12.0 Å². The fourth-order valence-corrected chi connectivity index (χ4v) is 5.49. The fourth-order valence-electron chi connectivity index (χ4n) is 2.39. The molecular weight excluding hydrogens is 301 g/mol. The minimum absolute atomic E-state index is 0.0510. The van der Waals surface area contributed by atoms with E-state index in [2.05, 4.69) is 19.2 Å². The van der Waals surface area contributed by atoms with Gasteiger partial charge in [0.05, 0.1) is 0 Å². The molecule has 19 heavy (non-hydrogen) atoms. The Balaban J connectivity index is 2.27. The summed E-state index contributed by atoms with van der Waals surface area (Å²) in [4.78, 5) is 0. The first kappa shape index (κ1) is 15.5. The second-order valence-electron chi connectivity index (χ2n) is 4.61. The van der Waals surface area contributed by atoms with Gasteiger partial charge in [-0.15, -0.1) is 0 Å². The van der Waals surface area contributed by atoms with Crippen LogP contribution in [0.25, 0.3) is 0 Å². The second-order valence-corrected chi connectivity index (χ2v) is 7.82. The highest BCUT2D eigenvalue weighted by Crippen LogP contribution is 2.39. The van der Waals surface area contributed by atoms with Gasteiger partial charge >= 0.3 is 0 Å². The van der Waals surface area contributed by atoms with Gasteiger partial charge in [0, 0.05) is 38.6 Å². The standard InChI is InChI=1S/C14H19ClFNS2/c1-3-17-13(14-9(2)18-6-7-19-14)11-5-4-10(15)8-12(11)16/h4-5,8-9,13-14,17H,3,6-7H2,1-2H3. The van der Waals surface area contributed by atoms with Crippen LogP contribution >= 0.6 is 35.1 Å². The molecule has 1 heterocycles. The maximum absolute atomic E-state index is 14.2. The molecule has 0 amide bonds. The third kappa shape index (κ3) is 3.81. The molecule has 1 aromatic carbocycles. The highest BCUT2D eigenvalue weighted by molar-refractivity contribution is 8.07. The van der Waals surface area contributed by atoms with E-state index in [0.717, 1.165) is 17.9 Å². The monoisotopic (exact) mass is 319 g/mol. The van der Waals surface area contributed by atoms with E-state index in [0.29, 0.717) is 15.5 Å². The van der Waals surface area contributed by atoms with Crippen molar-refractivity contribution >= 4 is 35.1 Å². The Morgan fingerprint density at radius 1 is 1.42 bits per heavy atom. The fraction of sp³-hybridized carbons (Fsp3) is 0.571. The molecule has 1 aliphatic rings. The SMILES string of the molecule is CCNC(c1ccc(Cl)cc1F)C1SCCSC1C. The summed E-state index contributed by atoms with van der Waals surface area (Å²) in [7, 11) is 0. The van der Waals surface area contributed by atoms with Crippen LogP contribution < -0.4 is 5.32 Å². The molecule has 3 unspecified atom stereocenters. The lowest BCUT2D eigenvalue weighted by atomic mass is 10.0. The summed E-state index contributed by atoms with van der Waals surface area (Å²) in [6, 6.07) is 5.05. The third-order valence-electron chi connectivity index (χ3n) is 3.29. The first-order valence-corrected chi connectivity index (χ1v) is 9.02. The number of nitrogens with one attached hydrogen (secondary N) is 1. The molecule has 1 fully saturated rings. The summed E-state index contributed by atoms with van der Waals surface area (Å²) >= 11 is 9.76. The van der Waals surface area contributed by atoms with Crippen molar-refractivity contribution in [2.24, 2.45) is 0 Å². The predicted molar refractivity (Wildman–Crippen MR) is 86.0 cm³/mol. The molecule has 0 spiro atoms. The van der Waals surface area contributed by atoms with Gasteiger partial charge in [0.25, 0.3) is 0 Å². The van der Waals surface area contributed by atoms with E-state index in [9.17, 15) is 4.39 Å². The van der Waals surface area contributed by atoms with Crippen LogP contribution in [0.5, 0.6) is 0 Å². The Morgan fingerprint density at radius 2 is 2.16 bits per heavy atom. The molecule has 0 bridgehead atoms. The van der Waals surface area contributed by atoms with Gasteiger partial charge < -0.3 is 5.32 Å². The van der Waals surface area contributed by atoms with Gasteiger partial charge in [0.1, 0.15) is 5.82 Å². The van der Waals surface area contributed by atoms with Gasteiger partial charge in [-0.3, -0.25) is 0 Å². The molecule has 1 aliphatic heterocycles. The van der Waals surface area contributed by atoms with Crippen molar-refractivity contribution in [3.8, 4) is 0 Å². The van der Waals surface area contributed by atoms with Crippen LogP contribution in [-0.4, -0.2) is 28.6 Å². The lowest BCUT2D eigenvalue weighted by molar-refractivity contribution is 0.493. The molecule has 1 aromatic rings. The van der Waals surface area contributed by atoms with E-state index in [1.807, 2.05) is 29.6 Å². The average molecular weight is 320 g/mol. The summed E-state index contributed by atoms with van der Waals surface area (Å²) in [6.45, 7) is 5.13. The van der Waals surface area contributed by atoms with Crippen LogP contribution in [0.1, 0.15) is 25.5 Å². The van der Waals surface area contributed by atoms with Crippen molar-refractivity contribution in [2.45, 2.75) is 30.4 Å². The zero-order chi connectivity index (χ0) is 13.8. The second kappa shape index (κ2) is 7.21. The maximum atomic E-state index is 14.2. The summed E-state index contributed by atoms with van der Waals surface area (Å²) < 4.78 is 14.2. The van der Waals surface area contributed by atoms with Crippen molar-refractivity contribution in [3.05, 3.63) is 34.6 Å². The zero-order valence-electron chi connectivity index (χ0n) is 11.2. The quantitative estimate of drug-likeness (QED) is 0.885. The Morgan fingerprint density at radius 3 is 2.79 bits per heavy atom. The average Bonchev–Trinajstić information content (AvgIpc) is 2.38. The van der Waals surface area contributed by atoms with Gasteiger partial charge in [0.15, 0.2) is 0 Å². The van der Waals surface area contributed by atoms with Crippen LogP contribution in [-0.2, 0) is 0 Å². The predicted octanol–water partition coefficient (Wildman–Crippen LogP) is 4.37. The van der Waals surface area contributed by atoms with Crippen molar-refractivity contribution in [3.63, 3.8) is 0 Å². The Bertz CT molecular complexity index is 430. The number of hydrogen-bond acceptors (Lipinski definition) is 3. The van der Waals surface area contributed by atoms with E-state index in [1.54, 1.807) is 6.07 Å². The maximum Gasteiger partial charge on any atom is 0.129 e. The molecule has 2 rings (SSSR count). The van der Waals surface area contributed by atoms with Crippen LogP contribution in [0.4, 0.5) is 4.39 Å². The van der Waals surface area contributed by atoms with Gasteiger partial charge in [-0.2, -0.15) is 23.5 Å². The first-order valence-electron chi connectivity index (χ1n) is 6.55. The van der Waals surface area contributed by atoms with Crippen molar-refractivity contribution < 1.29 is 4.39 Å². The van der Waals surface area contributed by atoms with E-state index >= 15 is 0 Å². The smallest absolute Gasteiger partial charge is 0.129 e. The number of halogens is 2. The number of hydrogen-bond donors (Lipinski definition) is 1. The Hall–Kier alpha value is 0.1000. The highest BCUT2D eigenvalue weighted by Gasteiger charge is 2.32. The van der Waals surface area contributed by atoms with Gasteiger partial charge in [0.2, 0.25) is 0 Å². The van der Waals surface area contributed by atoms with Crippen molar-refractivity contribution in [1.82, 2.24) is 5.32 Å². The normalized spacial score (nSPS) is 25.3. The zero-order valence-corrected chi connectivity index (χ0v) is 13.5. The Labute approximate surface area is 128 Å². The molecule has 1 saturated heterocycles. The lowest BCUT2D eigenvalue weighted by Crippen LogP contribution is -2.38. The van der Waals surface area contributed by atoms with Crippen LogP contribution in [0.3, 0.4) is 0 Å². The van der Waals surface area contributed by atoms with E-state index in [4.69, 9.17) is 11.6 Å². The Kier molecular flexibility index (Phi) is 5.87. The van der Waals surface area contributed by atoms with Gasteiger partial charge in [-0.1, -0.05) is 31.5 Å². The van der Waals surface area contributed by atoms with Gasteiger partial charge in [-0.25, -0.2) is 4.39 Å². The molecule has 0 aromatic heterocycles. The summed E-state index contributed by atoms with van der Waals surface area (Å²) in [6.07, 6.45) is 0. The number of rotatable bonds is 4. The minimum atomic E-state index is -0.207. The van der Waals surface area contributed by atoms with E-state index < -0.39 is 0 Å². The molecule has 5 heteroatoms. The van der Waals surface area contributed by atoms with E-state index in [1.165, 1.54) is 11.8 Å². The summed E-state index contributed by atoms with van der Waals surface area (Å²) in [5.41, 5.74) is 0.734. The van der Waals surface area contributed by atoms with Crippen LogP contribution in [0.2, 0.25) is 5.02 Å². The molecule has 106 valence electrons. The molecule has 3 atom stereocenters. The number of thioether (sulfide) groups is 2. The number of benzene rings is 1. The highest BCUT2D eigenvalue weighted by atomic mass is 35.5. The van der Waals surface area contributed by atoms with Crippen molar-refractivity contribution in [2.75, 3.05) is 18.1 Å². The largest absolute Gasteiger partial charge is 0.309 e. The minimum Gasteiger partial charge on any atom is -0.309 e. The molecule has 0 aliphatic carbocycles. The van der Waals surface area contributed by atoms with Crippen molar-refractivity contribution in [1.29, 1.82) is 0 Å². The first-order chi connectivity index (χ1) is 9.13. The van der Waals surface area contributed by atoms with Crippen LogP contribution in [0.15, 0.2) is 18.2 Å². The molecule has 1 nitrogen and oxygen atoms in total. The van der Waals surface area contributed by atoms with Crippen LogP contribution in [0, 0.1) is 5.82 Å². The summed E-state index contributed by atoms with van der Waals surface area (Å²) in [5.74, 6) is 2.11. The summed E-state index contributed by atoms with van der Waals surface area (Å²) in [5, 5.41) is 4.82. The van der Waals surface area contributed by atoms with E-state index in [-0.39, 0.29) is 11.9 Å². The molecular formula is C14H19ClFNS2. The van der Waals surface area contributed by atoms with Gasteiger partial charge in [-0.05, 0) is 18.7 Å². The molecule has 0 saturated carbocycles.